The first-order chi connectivity index (χ1) is 7.09. The number of rotatable bonds is 1. The fraction of sp³-hybridized carbons (Fsp3) is 0.100. The molecule has 3 N–H and O–H groups in total. The minimum Gasteiger partial charge on any atom is -0.507 e. The molecule has 2 rings (SSSR count). The van der Waals surface area contributed by atoms with Gasteiger partial charge >= 0.3 is 0 Å². The normalized spacial score (nSPS) is 10.5. The standard InChI is InChI=1S/C10H10ClN3O/c1-14-10(8(12)5-13-14)7-4-6(11)2-3-9(7)15/h2-5,15H,12H2,1H3. The van der Waals surface area contributed by atoms with Crippen LogP contribution in [-0.2, 0) is 7.05 Å². The Bertz CT molecular complexity index is 488. The molecule has 0 saturated heterocycles. The lowest BCUT2D eigenvalue weighted by Crippen LogP contribution is -1.96. The first-order valence-electron chi connectivity index (χ1n) is 4.36. The van der Waals surface area contributed by atoms with E-state index in [4.69, 9.17) is 17.3 Å². The van der Waals surface area contributed by atoms with Gasteiger partial charge in [0.05, 0.1) is 17.6 Å². The van der Waals surface area contributed by atoms with E-state index in [0.29, 0.717) is 22.0 Å². The third-order valence-electron chi connectivity index (χ3n) is 2.18. The Kier molecular flexibility index (Phi) is 2.28. The molecule has 1 aromatic carbocycles. The van der Waals surface area contributed by atoms with Gasteiger partial charge in [0.25, 0.3) is 0 Å². The van der Waals surface area contributed by atoms with Crippen molar-refractivity contribution in [3.8, 4) is 17.0 Å². The van der Waals surface area contributed by atoms with E-state index in [1.807, 2.05) is 0 Å². The topological polar surface area (TPSA) is 64.1 Å². The van der Waals surface area contributed by atoms with Gasteiger partial charge in [-0.05, 0) is 18.2 Å². The number of benzene rings is 1. The predicted molar refractivity (Wildman–Crippen MR) is 59.7 cm³/mol. The largest absolute Gasteiger partial charge is 0.507 e. The summed E-state index contributed by atoms with van der Waals surface area (Å²) in [5, 5.41) is 14.2. The number of halogens is 1. The average Bonchev–Trinajstić information content (AvgIpc) is 2.51. The maximum Gasteiger partial charge on any atom is 0.125 e. The summed E-state index contributed by atoms with van der Waals surface area (Å²) in [5.74, 6) is 0.134. The lowest BCUT2D eigenvalue weighted by molar-refractivity contribution is 0.476. The number of phenolic OH excluding ortho intramolecular Hbond substituents is 1. The molecule has 15 heavy (non-hydrogen) atoms. The molecule has 0 atom stereocenters. The van der Waals surface area contributed by atoms with Gasteiger partial charge in [-0.25, -0.2) is 0 Å². The molecule has 0 fully saturated rings. The zero-order valence-electron chi connectivity index (χ0n) is 8.11. The number of hydrogen-bond acceptors (Lipinski definition) is 3. The van der Waals surface area contributed by atoms with Gasteiger partial charge < -0.3 is 10.8 Å². The first kappa shape index (κ1) is 9.86. The van der Waals surface area contributed by atoms with E-state index < -0.39 is 0 Å². The van der Waals surface area contributed by atoms with Crippen LogP contribution < -0.4 is 5.73 Å². The fourth-order valence-corrected chi connectivity index (χ4v) is 1.65. The Morgan fingerprint density at radius 3 is 2.80 bits per heavy atom. The van der Waals surface area contributed by atoms with Gasteiger partial charge in [-0.3, -0.25) is 4.68 Å². The summed E-state index contributed by atoms with van der Waals surface area (Å²) in [6.45, 7) is 0. The van der Waals surface area contributed by atoms with Gasteiger partial charge in [0.15, 0.2) is 0 Å². The number of hydrogen-bond donors (Lipinski definition) is 2. The van der Waals surface area contributed by atoms with Crippen molar-refractivity contribution in [3.63, 3.8) is 0 Å². The van der Waals surface area contributed by atoms with Crippen molar-refractivity contribution in [3.05, 3.63) is 29.4 Å². The SMILES string of the molecule is Cn1ncc(N)c1-c1cc(Cl)ccc1O. The van der Waals surface area contributed by atoms with Crippen LogP contribution in [0.25, 0.3) is 11.3 Å². The summed E-state index contributed by atoms with van der Waals surface area (Å²) in [5.41, 5.74) is 7.51. The van der Waals surface area contributed by atoms with E-state index in [1.165, 1.54) is 12.3 Å². The Labute approximate surface area is 91.9 Å². The molecule has 0 amide bonds. The monoisotopic (exact) mass is 223 g/mol. The van der Waals surface area contributed by atoms with Crippen LogP contribution in [0.3, 0.4) is 0 Å². The van der Waals surface area contributed by atoms with Gasteiger partial charge in [0.2, 0.25) is 0 Å². The molecule has 1 heterocycles. The number of anilines is 1. The molecule has 0 saturated carbocycles. The molecular weight excluding hydrogens is 214 g/mol. The summed E-state index contributed by atoms with van der Waals surface area (Å²) >= 11 is 5.86. The summed E-state index contributed by atoms with van der Waals surface area (Å²) in [6.07, 6.45) is 1.54. The van der Waals surface area contributed by atoms with Crippen LogP contribution >= 0.6 is 11.6 Å². The third kappa shape index (κ3) is 1.64. The van der Waals surface area contributed by atoms with E-state index in [-0.39, 0.29) is 5.75 Å². The minimum absolute atomic E-state index is 0.134. The van der Waals surface area contributed by atoms with Crippen molar-refractivity contribution in [1.82, 2.24) is 9.78 Å². The van der Waals surface area contributed by atoms with E-state index in [2.05, 4.69) is 5.10 Å². The molecule has 0 radical (unpaired) electrons. The van der Waals surface area contributed by atoms with Crippen molar-refractivity contribution in [1.29, 1.82) is 0 Å². The summed E-state index contributed by atoms with van der Waals surface area (Å²) in [6, 6.07) is 4.81. The van der Waals surface area contributed by atoms with Crippen molar-refractivity contribution >= 4 is 17.3 Å². The second-order valence-corrected chi connectivity index (χ2v) is 3.67. The second-order valence-electron chi connectivity index (χ2n) is 3.23. The average molecular weight is 224 g/mol. The molecule has 0 aliphatic carbocycles. The summed E-state index contributed by atoms with van der Waals surface area (Å²) in [7, 11) is 1.76. The summed E-state index contributed by atoms with van der Waals surface area (Å²) < 4.78 is 1.60. The van der Waals surface area contributed by atoms with E-state index >= 15 is 0 Å². The lowest BCUT2D eigenvalue weighted by atomic mass is 10.1. The zero-order valence-corrected chi connectivity index (χ0v) is 8.86. The van der Waals surface area contributed by atoms with E-state index in [9.17, 15) is 5.11 Å². The Morgan fingerprint density at radius 2 is 2.20 bits per heavy atom. The molecule has 5 heteroatoms. The number of nitrogens with two attached hydrogens (primary N) is 1. The number of aromatic nitrogens is 2. The molecule has 2 aromatic rings. The lowest BCUT2D eigenvalue weighted by Gasteiger charge is -2.06. The Balaban J connectivity index is 2.68. The highest BCUT2D eigenvalue weighted by atomic mass is 35.5. The van der Waals surface area contributed by atoms with Crippen molar-refractivity contribution in [2.75, 3.05) is 5.73 Å². The number of aryl methyl sites for hydroxylation is 1. The molecule has 0 unspecified atom stereocenters. The maximum absolute atomic E-state index is 9.70. The van der Waals surface area contributed by atoms with E-state index in [0.717, 1.165) is 0 Å². The molecule has 0 spiro atoms. The molecule has 78 valence electrons. The van der Waals surface area contributed by atoms with Crippen LogP contribution in [0, 0.1) is 0 Å². The van der Waals surface area contributed by atoms with Gasteiger partial charge in [-0.1, -0.05) is 11.6 Å². The second kappa shape index (κ2) is 3.47. The van der Waals surface area contributed by atoms with Crippen LogP contribution in [0.5, 0.6) is 5.75 Å². The molecular formula is C10H10ClN3O. The number of nitrogen functional groups attached to an aromatic ring is 1. The predicted octanol–water partition coefficient (Wildman–Crippen LogP) is 2.03. The maximum atomic E-state index is 9.70. The fourth-order valence-electron chi connectivity index (χ4n) is 1.48. The van der Waals surface area contributed by atoms with Crippen LogP contribution in [-0.4, -0.2) is 14.9 Å². The number of nitrogens with zero attached hydrogens (tertiary/aromatic N) is 2. The smallest absolute Gasteiger partial charge is 0.125 e. The highest BCUT2D eigenvalue weighted by Crippen LogP contribution is 2.34. The van der Waals surface area contributed by atoms with Crippen LogP contribution in [0.15, 0.2) is 24.4 Å². The van der Waals surface area contributed by atoms with Gasteiger partial charge in [0, 0.05) is 17.6 Å². The van der Waals surface area contributed by atoms with Crippen LogP contribution in [0.1, 0.15) is 0 Å². The number of phenols is 1. The minimum atomic E-state index is 0.134. The first-order valence-corrected chi connectivity index (χ1v) is 4.73. The quantitative estimate of drug-likeness (QED) is 0.778. The van der Waals surface area contributed by atoms with Gasteiger partial charge in [0.1, 0.15) is 5.75 Å². The zero-order chi connectivity index (χ0) is 11.0. The highest BCUT2D eigenvalue weighted by Gasteiger charge is 2.12. The van der Waals surface area contributed by atoms with Gasteiger partial charge in [-0.2, -0.15) is 5.10 Å². The van der Waals surface area contributed by atoms with Crippen molar-refractivity contribution in [2.45, 2.75) is 0 Å². The molecule has 4 nitrogen and oxygen atoms in total. The highest BCUT2D eigenvalue weighted by molar-refractivity contribution is 6.31. The third-order valence-corrected chi connectivity index (χ3v) is 2.42. The summed E-state index contributed by atoms with van der Waals surface area (Å²) in [4.78, 5) is 0. The Morgan fingerprint density at radius 1 is 1.47 bits per heavy atom. The molecule has 0 aliphatic heterocycles. The van der Waals surface area contributed by atoms with Crippen molar-refractivity contribution in [2.24, 2.45) is 7.05 Å². The van der Waals surface area contributed by atoms with Crippen LogP contribution in [0.2, 0.25) is 5.02 Å². The Hall–Kier alpha value is -1.68. The van der Waals surface area contributed by atoms with Crippen molar-refractivity contribution < 1.29 is 5.11 Å². The van der Waals surface area contributed by atoms with Gasteiger partial charge in [-0.15, -0.1) is 0 Å². The molecule has 0 aliphatic rings. The van der Waals surface area contributed by atoms with Crippen LogP contribution in [0.4, 0.5) is 5.69 Å². The number of aromatic hydroxyl groups is 1. The molecule has 0 bridgehead atoms. The molecule has 1 aromatic heterocycles. The van der Waals surface area contributed by atoms with E-state index in [1.54, 1.807) is 23.9 Å².